The number of hydrogen-bond donors (Lipinski definition) is 1. The minimum atomic E-state index is 0.122. The summed E-state index contributed by atoms with van der Waals surface area (Å²) in [5, 5.41) is 3.05. The SMILES string of the molecule is CC(C)CCn1c(CCCNC(=O)CCc2ccccc2)nc2ccccc21. The minimum absolute atomic E-state index is 0.122. The van der Waals surface area contributed by atoms with Crippen LogP contribution in [0, 0.1) is 5.92 Å². The number of nitrogens with zero attached hydrogens (tertiary/aromatic N) is 2. The molecule has 3 aromatic rings. The second-order valence-electron chi connectivity index (χ2n) is 7.79. The standard InChI is InChI=1S/C24H31N3O/c1-19(2)16-18-27-22-12-7-6-11-21(22)26-23(27)13-8-17-25-24(28)15-14-20-9-4-3-5-10-20/h3-7,9-12,19H,8,13-18H2,1-2H3,(H,25,28). The maximum atomic E-state index is 12.1. The lowest BCUT2D eigenvalue weighted by atomic mass is 10.1. The fourth-order valence-electron chi connectivity index (χ4n) is 3.42. The van der Waals surface area contributed by atoms with Gasteiger partial charge in [-0.3, -0.25) is 4.79 Å². The van der Waals surface area contributed by atoms with Crippen molar-refractivity contribution in [2.24, 2.45) is 5.92 Å². The van der Waals surface area contributed by atoms with Crippen molar-refractivity contribution in [2.75, 3.05) is 6.54 Å². The Bertz CT molecular complexity index is 883. The summed E-state index contributed by atoms with van der Waals surface area (Å²) in [6.45, 7) is 6.20. The van der Waals surface area contributed by atoms with E-state index in [-0.39, 0.29) is 5.91 Å². The molecule has 4 nitrogen and oxygen atoms in total. The molecule has 0 saturated heterocycles. The Labute approximate surface area is 168 Å². The molecule has 0 radical (unpaired) electrons. The van der Waals surface area contributed by atoms with Crippen LogP contribution in [0.4, 0.5) is 0 Å². The van der Waals surface area contributed by atoms with Gasteiger partial charge in [-0.2, -0.15) is 0 Å². The van der Waals surface area contributed by atoms with Gasteiger partial charge in [-0.15, -0.1) is 0 Å². The molecule has 4 heteroatoms. The van der Waals surface area contributed by atoms with Crippen LogP contribution in [0.1, 0.15) is 44.5 Å². The van der Waals surface area contributed by atoms with Crippen molar-refractivity contribution >= 4 is 16.9 Å². The topological polar surface area (TPSA) is 46.9 Å². The van der Waals surface area contributed by atoms with E-state index in [0.29, 0.717) is 18.9 Å². The van der Waals surface area contributed by atoms with Crippen LogP contribution in [0.5, 0.6) is 0 Å². The lowest BCUT2D eigenvalue weighted by Crippen LogP contribution is -2.25. The van der Waals surface area contributed by atoms with Gasteiger partial charge in [0, 0.05) is 25.9 Å². The number of benzene rings is 2. The lowest BCUT2D eigenvalue weighted by molar-refractivity contribution is -0.121. The average molecular weight is 378 g/mol. The molecule has 2 aromatic carbocycles. The third-order valence-electron chi connectivity index (χ3n) is 5.05. The first-order valence-corrected chi connectivity index (χ1v) is 10.4. The van der Waals surface area contributed by atoms with E-state index in [2.05, 4.69) is 54.1 Å². The molecule has 0 bridgehead atoms. The fourth-order valence-corrected chi connectivity index (χ4v) is 3.42. The number of para-hydroxylation sites is 2. The predicted octanol–water partition coefficient (Wildman–Crippen LogP) is 4.76. The summed E-state index contributed by atoms with van der Waals surface area (Å²) in [4.78, 5) is 16.9. The summed E-state index contributed by atoms with van der Waals surface area (Å²) in [5.41, 5.74) is 3.48. The number of aryl methyl sites for hydroxylation is 3. The molecule has 1 aromatic heterocycles. The van der Waals surface area contributed by atoms with Crippen molar-refractivity contribution in [1.29, 1.82) is 0 Å². The van der Waals surface area contributed by atoms with Crippen molar-refractivity contribution in [2.45, 2.75) is 52.5 Å². The highest BCUT2D eigenvalue weighted by Crippen LogP contribution is 2.18. The molecule has 1 N–H and O–H groups in total. The van der Waals surface area contributed by atoms with E-state index in [0.717, 1.165) is 43.6 Å². The quantitative estimate of drug-likeness (QED) is 0.518. The van der Waals surface area contributed by atoms with Crippen molar-refractivity contribution in [1.82, 2.24) is 14.9 Å². The highest BCUT2D eigenvalue weighted by atomic mass is 16.1. The number of carbonyl (C=O) groups excluding carboxylic acids is 1. The maximum absolute atomic E-state index is 12.1. The first-order valence-electron chi connectivity index (χ1n) is 10.4. The van der Waals surface area contributed by atoms with Gasteiger partial charge in [0.1, 0.15) is 5.82 Å². The molecule has 0 unspecified atom stereocenters. The minimum Gasteiger partial charge on any atom is -0.356 e. The Morgan fingerprint density at radius 1 is 1.04 bits per heavy atom. The van der Waals surface area contributed by atoms with Gasteiger partial charge >= 0.3 is 0 Å². The summed E-state index contributed by atoms with van der Waals surface area (Å²) >= 11 is 0. The number of hydrogen-bond acceptors (Lipinski definition) is 2. The number of imidazole rings is 1. The molecular weight excluding hydrogens is 346 g/mol. The molecule has 0 aliphatic carbocycles. The van der Waals surface area contributed by atoms with Crippen LogP contribution in [0.2, 0.25) is 0 Å². The summed E-state index contributed by atoms with van der Waals surface area (Å²) in [5.74, 6) is 1.91. The Hall–Kier alpha value is -2.62. The highest BCUT2D eigenvalue weighted by Gasteiger charge is 2.11. The number of fused-ring (bicyclic) bond motifs is 1. The number of amides is 1. The Morgan fingerprint density at radius 3 is 2.57 bits per heavy atom. The molecule has 1 amide bonds. The number of aromatic nitrogens is 2. The fraction of sp³-hybridized carbons (Fsp3) is 0.417. The van der Waals surface area contributed by atoms with Gasteiger partial charge in [0.05, 0.1) is 11.0 Å². The second-order valence-corrected chi connectivity index (χ2v) is 7.79. The third-order valence-corrected chi connectivity index (χ3v) is 5.05. The summed E-state index contributed by atoms with van der Waals surface area (Å²) in [6, 6.07) is 18.5. The Kier molecular flexibility index (Phi) is 7.24. The van der Waals surface area contributed by atoms with E-state index in [1.807, 2.05) is 24.3 Å². The molecule has 148 valence electrons. The molecule has 1 heterocycles. The zero-order chi connectivity index (χ0) is 19.8. The molecular formula is C24H31N3O. The van der Waals surface area contributed by atoms with Crippen molar-refractivity contribution in [3.8, 4) is 0 Å². The first-order chi connectivity index (χ1) is 13.6. The van der Waals surface area contributed by atoms with Crippen molar-refractivity contribution in [3.63, 3.8) is 0 Å². The van der Waals surface area contributed by atoms with E-state index in [1.165, 1.54) is 11.1 Å². The molecule has 0 aliphatic rings. The van der Waals surface area contributed by atoms with Crippen LogP contribution in [0.3, 0.4) is 0 Å². The van der Waals surface area contributed by atoms with Crippen LogP contribution in [-0.2, 0) is 24.2 Å². The maximum Gasteiger partial charge on any atom is 0.220 e. The predicted molar refractivity (Wildman–Crippen MR) is 115 cm³/mol. The number of nitrogens with one attached hydrogen (secondary N) is 1. The Balaban J connectivity index is 1.49. The molecule has 0 fully saturated rings. The Morgan fingerprint density at radius 2 is 1.79 bits per heavy atom. The molecule has 0 spiro atoms. The van der Waals surface area contributed by atoms with Gasteiger partial charge in [0.15, 0.2) is 0 Å². The molecule has 0 aliphatic heterocycles. The summed E-state index contributed by atoms with van der Waals surface area (Å²) < 4.78 is 2.35. The van der Waals surface area contributed by atoms with Crippen molar-refractivity contribution < 1.29 is 4.79 Å². The zero-order valence-corrected chi connectivity index (χ0v) is 17.0. The van der Waals surface area contributed by atoms with Gasteiger partial charge in [-0.05, 0) is 42.9 Å². The van der Waals surface area contributed by atoms with Gasteiger partial charge in [-0.25, -0.2) is 4.98 Å². The van der Waals surface area contributed by atoms with Crippen LogP contribution >= 0.6 is 0 Å². The summed E-state index contributed by atoms with van der Waals surface area (Å²) in [6.07, 6.45) is 4.26. The molecule has 28 heavy (non-hydrogen) atoms. The van der Waals surface area contributed by atoms with Crippen LogP contribution < -0.4 is 5.32 Å². The van der Waals surface area contributed by atoms with E-state index in [9.17, 15) is 4.79 Å². The van der Waals surface area contributed by atoms with Gasteiger partial charge in [-0.1, -0.05) is 56.3 Å². The first kappa shape index (κ1) is 20.1. The van der Waals surface area contributed by atoms with Gasteiger partial charge in [0.25, 0.3) is 0 Å². The molecule has 0 saturated carbocycles. The molecule has 0 atom stereocenters. The smallest absolute Gasteiger partial charge is 0.220 e. The lowest BCUT2D eigenvalue weighted by Gasteiger charge is -2.11. The monoisotopic (exact) mass is 377 g/mol. The number of carbonyl (C=O) groups is 1. The normalized spacial score (nSPS) is 11.2. The van der Waals surface area contributed by atoms with Gasteiger partial charge < -0.3 is 9.88 Å². The number of rotatable bonds is 10. The van der Waals surface area contributed by atoms with Gasteiger partial charge in [0.2, 0.25) is 5.91 Å². The average Bonchev–Trinajstić information content (AvgIpc) is 3.06. The molecule has 3 rings (SSSR count). The largest absolute Gasteiger partial charge is 0.356 e. The van der Waals surface area contributed by atoms with E-state index in [4.69, 9.17) is 4.98 Å². The van der Waals surface area contributed by atoms with Crippen molar-refractivity contribution in [3.05, 3.63) is 66.0 Å². The zero-order valence-electron chi connectivity index (χ0n) is 17.0. The highest BCUT2D eigenvalue weighted by molar-refractivity contribution is 5.76. The van der Waals surface area contributed by atoms with E-state index < -0.39 is 0 Å². The second kappa shape index (κ2) is 10.1. The van der Waals surface area contributed by atoms with Crippen LogP contribution in [-0.4, -0.2) is 22.0 Å². The van der Waals surface area contributed by atoms with Crippen LogP contribution in [0.15, 0.2) is 54.6 Å². The van der Waals surface area contributed by atoms with E-state index in [1.54, 1.807) is 0 Å². The van der Waals surface area contributed by atoms with Crippen LogP contribution in [0.25, 0.3) is 11.0 Å². The summed E-state index contributed by atoms with van der Waals surface area (Å²) in [7, 11) is 0. The third kappa shape index (κ3) is 5.69. The van der Waals surface area contributed by atoms with E-state index >= 15 is 0 Å².